The Morgan fingerprint density at radius 3 is 2.59 bits per heavy atom. The third-order valence-electron chi connectivity index (χ3n) is 2.54. The minimum atomic E-state index is 0.116. The van der Waals surface area contributed by atoms with Gasteiger partial charge in [-0.3, -0.25) is 0 Å². The summed E-state index contributed by atoms with van der Waals surface area (Å²) in [6, 6.07) is 8.32. The maximum atomic E-state index is 5.96. The van der Waals surface area contributed by atoms with Gasteiger partial charge < -0.3 is 5.73 Å². The smallest absolute Gasteiger partial charge is 0.213 e. The number of hydrogen-bond donors (Lipinski definition) is 1. The van der Waals surface area contributed by atoms with E-state index in [1.807, 2.05) is 19.2 Å². The lowest BCUT2D eigenvalue weighted by Crippen LogP contribution is -2.07. The van der Waals surface area contributed by atoms with Crippen molar-refractivity contribution in [3.05, 3.63) is 29.8 Å². The molecule has 2 N–H and O–H groups in total. The summed E-state index contributed by atoms with van der Waals surface area (Å²) in [5.41, 5.74) is 7.12. The van der Waals surface area contributed by atoms with Crippen molar-refractivity contribution in [3.8, 4) is 0 Å². The monoisotopic (exact) mass is 249 g/mol. The van der Waals surface area contributed by atoms with Crippen LogP contribution in [0.1, 0.15) is 24.9 Å². The molecule has 5 nitrogen and oxygen atoms in total. The predicted octanol–water partition coefficient (Wildman–Crippen LogP) is 1.77. The number of aromatic nitrogens is 4. The van der Waals surface area contributed by atoms with E-state index in [2.05, 4.69) is 34.6 Å². The molecule has 0 spiro atoms. The summed E-state index contributed by atoms with van der Waals surface area (Å²) in [6.45, 7) is 2.08. The zero-order valence-corrected chi connectivity index (χ0v) is 10.7. The molecule has 0 fully saturated rings. The average Bonchev–Trinajstić information content (AvgIpc) is 2.75. The van der Waals surface area contributed by atoms with Crippen molar-refractivity contribution in [2.45, 2.75) is 29.4 Å². The van der Waals surface area contributed by atoms with Crippen LogP contribution in [0.3, 0.4) is 0 Å². The van der Waals surface area contributed by atoms with Crippen molar-refractivity contribution >= 4 is 11.8 Å². The van der Waals surface area contributed by atoms with Gasteiger partial charge >= 0.3 is 0 Å². The van der Waals surface area contributed by atoms with Gasteiger partial charge in [-0.05, 0) is 46.3 Å². The third kappa shape index (κ3) is 2.83. The molecule has 0 bridgehead atoms. The number of tetrazole rings is 1. The molecule has 0 saturated heterocycles. The topological polar surface area (TPSA) is 69.6 Å². The highest BCUT2D eigenvalue weighted by molar-refractivity contribution is 7.99. The zero-order chi connectivity index (χ0) is 12.3. The fourth-order valence-corrected chi connectivity index (χ4v) is 2.16. The molecule has 2 aromatic rings. The summed E-state index contributed by atoms with van der Waals surface area (Å²) in [6.07, 6.45) is 0.944. The highest BCUT2D eigenvalue weighted by atomic mass is 32.2. The van der Waals surface area contributed by atoms with Gasteiger partial charge in [0.2, 0.25) is 5.16 Å². The Balaban J connectivity index is 2.11. The van der Waals surface area contributed by atoms with Crippen molar-refractivity contribution in [1.82, 2.24) is 20.2 Å². The van der Waals surface area contributed by atoms with Crippen LogP contribution < -0.4 is 5.73 Å². The second kappa shape index (κ2) is 5.29. The van der Waals surface area contributed by atoms with Crippen molar-refractivity contribution < 1.29 is 0 Å². The zero-order valence-electron chi connectivity index (χ0n) is 9.87. The molecule has 1 unspecified atom stereocenters. The number of nitrogens with zero attached hydrogens (tertiary/aromatic N) is 4. The number of hydrogen-bond acceptors (Lipinski definition) is 5. The summed E-state index contributed by atoms with van der Waals surface area (Å²) >= 11 is 1.53. The van der Waals surface area contributed by atoms with E-state index in [0.29, 0.717) is 0 Å². The normalized spacial score (nSPS) is 12.6. The summed E-state index contributed by atoms with van der Waals surface area (Å²) in [7, 11) is 1.82. The first-order valence-electron chi connectivity index (χ1n) is 5.46. The molecule has 0 amide bonds. The molecule has 90 valence electrons. The molecule has 6 heteroatoms. The molecule has 1 aromatic heterocycles. The fourth-order valence-electron chi connectivity index (χ4n) is 1.43. The van der Waals surface area contributed by atoms with Crippen molar-refractivity contribution in [3.63, 3.8) is 0 Å². The third-order valence-corrected chi connectivity index (χ3v) is 3.57. The van der Waals surface area contributed by atoms with Crippen LogP contribution in [0.25, 0.3) is 0 Å². The van der Waals surface area contributed by atoms with Gasteiger partial charge in [0.15, 0.2) is 0 Å². The second-order valence-electron chi connectivity index (χ2n) is 3.77. The van der Waals surface area contributed by atoms with Crippen LogP contribution in [-0.2, 0) is 7.05 Å². The molecule has 0 radical (unpaired) electrons. The molecular weight excluding hydrogens is 234 g/mol. The first-order chi connectivity index (χ1) is 8.20. The molecule has 0 aliphatic rings. The van der Waals surface area contributed by atoms with Crippen molar-refractivity contribution in [2.75, 3.05) is 0 Å². The van der Waals surface area contributed by atoms with Gasteiger partial charge in [-0.1, -0.05) is 19.1 Å². The van der Waals surface area contributed by atoms with E-state index in [0.717, 1.165) is 22.0 Å². The van der Waals surface area contributed by atoms with E-state index in [9.17, 15) is 0 Å². The highest BCUT2D eigenvalue weighted by Crippen LogP contribution is 2.26. The summed E-state index contributed by atoms with van der Waals surface area (Å²) in [4.78, 5) is 1.11. The Hall–Kier alpha value is -1.40. The molecule has 1 aromatic carbocycles. The van der Waals surface area contributed by atoms with Gasteiger partial charge in [-0.25, -0.2) is 4.68 Å². The average molecular weight is 249 g/mol. The Bertz CT molecular complexity index is 479. The van der Waals surface area contributed by atoms with Crippen molar-refractivity contribution in [1.29, 1.82) is 0 Å². The van der Waals surface area contributed by atoms with Crippen molar-refractivity contribution in [2.24, 2.45) is 12.8 Å². The van der Waals surface area contributed by atoms with E-state index in [1.54, 1.807) is 4.68 Å². The number of nitrogens with two attached hydrogens (primary N) is 1. The Labute approximate surface area is 104 Å². The second-order valence-corrected chi connectivity index (χ2v) is 4.81. The molecule has 17 heavy (non-hydrogen) atoms. The first kappa shape index (κ1) is 12.1. The van der Waals surface area contributed by atoms with Gasteiger partial charge in [0.25, 0.3) is 0 Å². The summed E-state index contributed by atoms with van der Waals surface area (Å²) in [5.74, 6) is 0. The highest BCUT2D eigenvalue weighted by Gasteiger charge is 2.06. The minimum absolute atomic E-state index is 0.116. The first-order valence-corrected chi connectivity index (χ1v) is 6.28. The number of benzene rings is 1. The quantitative estimate of drug-likeness (QED) is 0.894. The Morgan fingerprint density at radius 2 is 2.06 bits per heavy atom. The Morgan fingerprint density at radius 1 is 1.35 bits per heavy atom. The minimum Gasteiger partial charge on any atom is -0.324 e. The maximum absolute atomic E-state index is 5.96. The molecular formula is C11H15N5S. The standard InChI is InChI=1S/C11H15N5S/c1-3-10(12)8-4-6-9(7-5-8)17-11-13-14-15-16(11)2/h4-7,10H,3,12H2,1-2H3. The fraction of sp³-hybridized carbons (Fsp3) is 0.364. The van der Waals surface area contributed by atoms with Crippen LogP contribution in [0.5, 0.6) is 0 Å². The molecule has 2 rings (SSSR count). The largest absolute Gasteiger partial charge is 0.324 e. The van der Waals surface area contributed by atoms with Crippen LogP contribution in [0, 0.1) is 0 Å². The van der Waals surface area contributed by atoms with E-state index in [4.69, 9.17) is 5.73 Å². The summed E-state index contributed by atoms with van der Waals surface area (Å²) in [5, 5.41) is 12.1. The lowest BCUT2D eigenvalue weighted by atomic mass is 10.1. The summed E-state index contributed by atoms with van der Waals surface area (Å²) < 4.78 is 1.65. The maximum Gasteiger partial charge on any atom is 0.213 e. The van der Waals surface area contributed by atoms with E-state index >= 15 is 0 Å². The van der Waals surface area contributed by atoms with Crippen LogP contribution in [0.4, 0.5) is 0 Å². The van der Waals surface area contributed by atoms with Gasteiger partial charge in [-0.2, -0.15) is 0 Å². The number of aryl methyl sites for hydroxylation is 1. The predicted molar refractivity (Wildman–Crippen MR) is 66.6 cm³/mol. The van der Waals surface area contributed by atoms with Gasteiger partial charge in [0.05, 0.1) is 0 Å². The molecule has 0 aliphatic carbocycles. The molecule has 0 aliphatic heterocycles. The van der Waals surface area contributed by atoms with E-state index < -0.39 is 0 Å². The molecule has 1 heterocycles. The van der Waals surface area contributed by atoms with Crippen LogP contribution >= 0.6 is 11.8 Å². The van der Waals surface area contributed by atoms with Gasteiger partial charge in [-0.15, -0.1) is 5.10 Å². The number of rotatable bonds is 4. The van der Waals surface area contributed by atoms with Gasteiger partial charge in [0, 0.05) is 18.0 Å². The molecule has 0 saturated carbocycles. The Kier molecular flexibility index (Phi) is 3.75. The van der Waals surface area contributed by atoms with Crippen LogP contribution in [0.2, 0.25) is 0 Å². The van der Waals surface area contributed by atoms with Crippen LogP contribution in [0.15, 0.2) is 34.3 Å². The SMILES string of the molecule is CCC(N)c1ccc(Sc2nnnn2C)cc1. The van der Waals surface area contributed by atoms with E-state index in [-0.39, 0.29) is 6.04 Å². The van der Waals surface area contributed by atoms with Crippen LogP contribution in [-0.4, -0.2) is 20.2 Å². The lowest BCUT2D eigenvalue weighted by Gasteiger charge is -2.09. The lowest BCUT2D eigenvalue weighted by molar-refractivity contribution is 0.664. The van der Waals surface area contributed by atoms with E-state index in [1.165, 1.54) is 11.8 Å². The molecule has 1 atom stereocenters. The van der Waals surface area contributed by atoms with Gasteiger partial charge in [0.1, 0.15) is 0 Å².